The first-order valence-corrected chi connectivity index (χ1v) is 5.30. The molecule has 1 fully saturated rings. The van der Waals surface area contributed by atoms with Crippen molar-refractivity contribution in [2.24, 2.45) is 5.92 Å². The summed E-state index contributed by atoms with van der Waals surface area (Å²) in [6.45, 7) is 2.55. The molecule has 0 aliphatic carbocycles. The van der Waals surface area contributed by atoms with Crippen molar-refractivity contribution in [3.63, 3.8) is 0 Å². The highest BCUT2D eigenvalue weighted by atomic mass is 16.1. The molecule has 3 N–H and O–H groups in total. The normalized spacial score (nSPS) is 20.4. The van der Waals surface area contributed by atoms with Gasteiger partial charge in [-0.3, -0.25) is 9.89 Å². The Balaban J connectivity index is 1.68. The summed E-state index contributed by atoms with van der Waals surface area (Å²) in [5.41, 5.74) is 0.938. The lowest BCUT2D eigenvalue weighted by atomic mass is 10.0. The van der Waals surface area contributed by atoms with Crippen LogP contribution in [0.3, 0.4) is 0 Å². The molecule has 2 rings (SSSR count). The van der Waals surface area contributed by atoms with Crippen LogP contribution in [-0.4, -0.2) is 29.2 Å². The lowest BCUT2D eigenvalue weighted by Crippen LogP contribution is -2.26. The number of nitrogens with zero attached hydrogens (tertiary/aromatic N) is 1. The van der Waals surface area contributed by atoms with E-state index in [0.29, 0.717) is 18.9 Å². The third-order valence-corrected chi connectivity index (χ3v) is 2.67. The summed E-state index contributed by atoms with van der Waals surface area (Å²) in [4.78, 5) is 11.5. The van der Waals surface area contributed by atoms with E-state index in [0.717, 1.165) is 25.2 Å². The second-order valence-electron chi connectivity index (χ2n) is 3.92. The predicted octanol–water partition coefficient (Wildman–Crippen LogP) is 0.0255. The Morgan fingerprint density at radius 1 is 1.67 bits per heavy atom. The zero-order valence-electron chi connectivity index (χ0n) is 8.62. The van der Waals surface area contributed by atoms with E-state index < -0.39 is 0 Å². The highest BCUT2D eigenvalue weighted by Crippen LogP contribution is 2.11. The highest BCUT2D eigenvalue weighted by Gasteiger charge is 2.17. The topological polar surface area (TPSA) is 69.8 Å². The standard InChI is InChI=1S/C10H16N4O/c15-10(5-8-1-3-11-6-8)12-7-9-2-4-13-14-9/h2,4,8,11H,1,3,5-7H2,(H,12,15)(H,13,14). The number of carbonyl (C=O) groups excluding carboxylic acids is 1. The fraction of sp³-hybridized carbons (Fsp3) is 0.600. The Bertz CT molecular complexity index is 303. The molecule has 0 saturated carbocycles. The van der Waals surface area contributed by atoms with Crippen molar-refractivity contribution >= 4 is 5.91 Å². The van der Waals surface area contributed by atoms with Crippen LogP contribution in [0.1, 0.15) is 18.5 Å². The van der Waals surface area contributed by atoms with Crippen molar-refractivity contribution in [3.05, 3.63) is 18.0 Å². The van der Waals surface area contributed by atoms with Crippen molar-refractivity contribution < 1.29 is 4.79 Å². The minimum absolute atomic E-state index is 0.123. The molecular formula is C10H16N4O. The number of amides is 1. The third-order valence-electron chi connectivity index (χ3n) is 2.67. The van der Waals surface area contributed by atoms with Crippen LogP contribution in [-0.2, 0) is 11.3 Å². The summed E-state index contributed by atoms with van der Waals surface area (Å²) >= 11 is 0. The lowest BCUT2D eigenvalue weighted by molar-refractivity contribution is -0.122. The van der Waals surface area contributed by atoms with Crippen molar-refractivity contribution in [3.8, 4) is 0 Å². The molecule has 1 amide bonds. The van der Waals surface area contributed by atoms with E-state index in [2.05, 4.69) is 20.8 Å². The van der Waals surface area contributed by atoms with Gasteiger partial charge >= 0.3 is 0 Å². The smallest absolute Gasteiger partial charge is 0.220 e. The van der Waals surface area contributed by atoms with E-state index in [1.54, 1.807) is 6.20 Å². The summed E-state index contributed by atoms with van der Waals surface area (Å²) in [6.07, 6.45) is 3.42. The molecular weight excluding hydrogens is 192 g/mol. The average Bonchev–Trinajstić information content (AvgIpc) is 2.86. The predicted molar refractivity (Wildman–Crippen MR) is 56.0 cm³/mol. The fourth-order valence-corrected chi connectivity index (χ4v) is 1.80. The molecule has 82 valence electrons. The molecule has 1 aliphatic rings. The largest absolute Gasteiger partial charge is 0.350 e. The number of hydrogen-bond donors (Lipinski definition) is 3. The average molecular weight is 208 g/mol. The van der Waals surface area contributed by atoms with Crippen molar-refractivity contribution in [2.45, 2.75) is 19.4 Å². The molecule has 1 saturated heterocycles. The number of aromatic nitrogens is 2. The quantitative estimate of drug-likeness (QED) is 0.653. The van der Waals surface area contributed by atoms with Crippen LogP contribution in [0.15, 0.2) is 12.3 Å². The van der Waals surface area contributed by atoms with Gasteiger partial charge in [0, 0.05) is 12.6 Å². The maximum atomic E-state index is 11.5. The second kappa shape index (κ2) is 4.93. The van der Waals surface area contributed by atoms with Crippen LogP contribution in [0.25, 0.3) is 0 Å². The van der Waals surface area contributed by atoms with Gasteiger partial charge in [0.1, 0.15) is 0 Å². The number of hydrogen-bond acceptors (Lipinski definition) is 3. The molecule has 1 aliphatic heterocycles. The molecule has 0 aromatic carbocycles. The Morgan fingerprint density at radius 2 is 2.60 bits per heavy atom. The first-order valence-electron chi connectivity index (χ1n) is 5.30. The minimum Gasteiger partial charge on any atom is -0.350 e. The van der Waals surface area contributed by atoms with Crippen LogP contribution in [0.5, 0.6) is 0 Å². The lowest BCUT2D eigenvalue weighted by Gasteiger charge is -2.07. The van der Waals surface area contributed by atoms with Crippen LogP contribution in [0, 0.1) is 5.92 Å². The first kappa shape index (κ1) is 10.2. The molecule has 1 unspecified atom stereocenters. The van der Waals surface area contributed by atoms with Gasteiger partial charge in [0.05, 0.1) is 12.2 Å². The molecule has 15 heavy (non-hydrogen) atoms. The van der Waals surface area contributed by atoms with Gasteiger partial charge in [-0.25, -0.2) is 0 Å². The van der Waals surface area contributed by atoms with Crippen molar-refractivity contribution in [1.82, 2.24) is 20.8 Å². The Labute approximate surface area is 88.6 Å². The number of carbonyl (C=O) groups is 1. The SMILES string of the molecule is O=C(CC1CCNC1)NCc1ccn[nH]1. The maximum absolute atomic E-state index is 11.5. The van der Waals surface area contributed by atoms with Gasteiger partial charge < -0.3 is 10.6 Å². The number of aromatic amines is 1. The minimum atomic E-state index is 0.123. The van der Waals surface area contributed by atoms with Gasteiger partial charge in [0.2, 0.25) is 5.91 Å². The van der Waals surface area contributed by atoms with Gasteiger partial charge in [-0.2, -0.15) is 5.10 Å². The van der Waals surface area contributed by atoms with Gasteiger partial charge in [-0.15, -0.1) is 0 Å². The van der Waals surface area contributed by atoms with E-state index in [1.165, 1.54) is 0 Å². The zero-order valence-corrected chi connectivity index (χ0v) is 8.62. The van der Waals surface area contributed by atoms with Crippen LogP contribution < -0.4 is 10.6 Å². The zero-order chi connectivity index (χ0) is 10.5. The number of H-pyrrole nitrogens is 1. The summed E-state index contributed by atoms with van der Waals surface area (Å²) in [5, 5.41) is 12.8. The van der Waals surface area contributed by atoms with E-state index in [1.807, 2.05) is 6.07 Å². The van der Waals surface area contributed by atoms with Gasteiger partial charge in [0.15, 0.2) is 0 Å². The molecule has 2 heterocycles. The Morgan fingerprint density at radius 3 is 3.27 bits per heavy atom. The van der Waals surface area contributed by atoms with E-state index >= 15 is 0 Å². The summed E-state index contributed by atoms with van der Waals surface area (Å²) in [6, 6.07) is 1.86. The third kappa shape index (κ3) is 3.06. The summed E-state index contributed by atoms with van der Waals surface area (Å²) in [7, 11) is 0. The molecule has 5 nitrogen and oxygen atoms in total. The van der Waals surface area contributed by atoms with E-state index in [-0.39, 0.29) is 5.91 Å². The Hall–Kier alpha value is -1.36. The van der Waals surface area contributed by atoms with Gasteiger partial charge in [0.25, 0.3) is 0 Å². The van der Waals surface area contributed by atoms with E-state index in [4.69, 9.17) is 0 Å². The molecule has 5 heteroatoms. The monoisotopic (exact) mass is 208 g/mol. The molecule has 0 spiro atoms. The Kier molecular flexibility index (Phi) is 3.34. The number of rotatable bonds is 4. The molecule has 0 bridgehead atoms. The van der Waals surface area contributed by atoms with Crippen molar-refractivity contribution in [1.29, 1.82) is 0 Å². The number of nitrogens with one attached hydrogen (secondary N) is 3. The first-order chi connectivity index (χ1) is 7.34. The second-order valence-corrected chi connectivity index (χ2v) is 3.92. The van der Waals surface area contributed by atoms with E-state index in [9.17, 15) is 4.79 Å². The molecule has 0 radical (unpaired) electrons. The van der Waals surface area contributed by atoms with Crippen LogP contribution in [0.4, 0.5) is 0 Å². The molecule has 1 aromatic rings. The summed E-state index contributed by atoms with van der Waals surface area (Å²) in [5.74, 6) is 0.630. The summed E-state index contributed by atoms with van der Waals surface area (Å²) < 4.78 is 0. The van der Waals surface area contributed by atoms with Crippen molar-refractivity contribution in [2.75, 3.05) is 13.1 Å². The van der Waals surface area contributed by atoms with Crippen LogP contribution in [0.2, 0.25) is 0 Å². The van der Waals surface area contributed by atoms with Crippen LogP contribution >= 0.6 is 0 Å². The fourth-order valence-electron chi connectivity index (χ4n) is 1.80. The van der Waals surface area contributed by atoms with Gasteiger partial charge in [-0.05, 0) is 31.5 Å². The molecule has 1 atom stereocenters. The highest BCUT2D eigenvalue weighted by molar-refractivity contribution is 5.76. The molecule has 1 aromatic heterocycles. The maximum Gasteiger partial charge on any atom is 0.220 e. The van der Waals surface area contributed by atoms with Gasteiger partial charge in [-0.1, -0.05) is 0 Å².